The van der Waals surface area contributed by atoms with E-state index < -0.39 is 0 Å². The van der Waals surface area contributed by atoms with Gasteiger partial charge in [-0.15, -0.1) is 0 Å². The maximum absolute atomic E-state index is 12.5. The molecule has 1 atom stereocenters. The quantitative estimate of drug-likeness (QED) is 0.712. The van der Waals surface area contributed by atoms with E-state index >= 15 is 0 Å². The number of amides is 1. The number of nitrogens with zero attached hydrogens (tertiary/aromatic N) is 2. The van der Waals surface area contributed by atoms with Crippen LogP contribution in [0, 0.1) is 0 Å². The highest BCUT2D eigenvalue weighted by molar-refractivity contribution is 6.30. The van der Waals surface area contributed by atoms with Gasteiger partial charge in [-0.05, 0) is 29.8 Å². The first-order valence-electron chi connectivity index (χ1n) is 8.98. The number of halogens is 1. The summed E-state index contributed by atoms with van der Waals surface area (Å²) >= 11 is 5.95. The number of methoxy groups -OCH3 is 1. The summed E-state index contributed by atoms with van der Waals surface area (Å²) in [5.41, 5.74) is 3.21. The fraction of sp³-hybridized carbons (Fsp3) is 0.238. The largest absolute Gasteiger partial charge is 0.496 e. The molecule has 1 aromatic heterocycles. The van der Waals surface area contributed by atoms with Crippen molar-refractivity contribution in [3.63, 3.8) is 0 Å². The first kappa shape index (κ1) is 18.5. The van der Waals surface area contributed by atoms with Crippen LogP contribution >= 0.6 is 11.6 Å². The number of aromatic nitrogens is 2. The molecule has 0 fully saturated rings. The van der Waals surface area contributed by atoms with Gasteiger partial charge in [0.25, 0.3) is 5.91 Å². The van der Waals surface area contributed by atoms with Crippen LogP contribution in [0.1, 0.15) is 33.4 Å². The zero-order chi connectivity index (χ0) is 19.5. The summed E-state index contributed by atoms with van der Waals surface area (Å²) < 4.78 is 13.1. The molecule has 1 amide bonds. The highest BCUT2D eigenvalue weighted by Crippen LogP contribution is 2.27. The lowest BCUT2D eigenvalue weighted by Crippen LogP contribution is -2.24. The van der Waals surface area contributed by atoms with Crippen molar-refractivity contribution in [2.75, 3.05) is 7.11 Å². The Hall–Kier alpha value is -2.83. The molecular weight excluding hydrogens is 378 g/mol. The second kappa shape index (κ2) is 8.04. The van der Waals surface area contributed by atoms with E-state index in [0.29, 0.717) is 30.4 Å². The van der Waals surface area contributed by atoms with E-state index in [-0.39, 0.29) is 12.0 Å². The third-order valence-electron chi connectivity index (χ3n) is 4.74. The zero-order valence-corrected chi connectivity index (χ0v) is 16.1. The number of hydrogen-bond donors (Lipinski definition) is 1. The highest BCUT2D eigenvalue weighted by Gasteiger charge is 2.24. The maximum Gasteiger partial charge on any atom is 0.272 e. The molecule has 1 N–H and O–H groups in total. The topological polar surface area (TPSA) is 65.4 Å². The lowest BCUT2D eigenvalue weighted by molar-refractivity contribution is -0.00119. The molecule has 0 bridgehead atoms. The van der Waals surface area contributed by atoms with Gasteiger partial charge in [0.1, 0.15) is 11.9 Å². The van der Waals surface area contributed by atoms with Crippen LogP contribution in [0.25, 0.3) is 0 Å². The molecular formula is C21H20ClN3O3. The van der Waals surface area contributed by atoms with Crippen LogP contribution in [-0.4, -0.2) is 22.8 Å². The lowest BCUT2D eigenvalue weighted by Gasteiger charge is -2.24. The number of para-hydroxylation sites is 1. The number of fused-ring (bicyclic) bond motifs is 1. The smallest absolute Gasteiger partial charge is 0.272 e. The zero-order valence-electron chi connectivity index (χ0n) is 15.4. The minimum atomic E-state index is -0.226. The molecule has 1 aliphatic rings. The summed E-state index contributed by atoms with van der Waals surface area (Å²) in [6.07, 6.45) is -0.117. The first-order chi connectivity index (χ1) is 13.6. The Morgan fingerprint density at radius 1 is 1.29 bits per heavy atom. The van der Waals surface area contributed by atoms with Crippen LogP contribution in [0.2, 0.25) is 5.02 Å². The molecule has 28 heavy (non-hydrogen) atoms. The molecule has 0 saturated carbocycles. The third-order valence-corrected chi connectivity index (χ3v) is 4.99. The Balaban J connectivity index is 1.43. The summed E-state index contributed by atoms with van der Waals surface area (Å²) in [4.78, 5) is 12.5. The standard InChI is InChI=1S/C21H20ClN3O3/c1-27-19-5-3-2-4-15(19)11-23-21(26)18-10-17-13-28-20(12-25(17)24-18)14-6-8-16(22)9-7-14/h2-10,20H,11-13H2,1H3,(H,23,26)/t20-/m0/s1. The van der Waals surface area contributed by atoms with Crippen LogP contribution in [-0.2, 0) is 24.4 Å². The van der Waals surface area contributed by atoms with Gasteiger partial charge >= 0.3 is 0 Å². The molecule has 0 radical (unpaired) electrons. The van der Waals surface area contributed by atoms with Gasteiger partial charge in [0.2, 0.25) is 0 Å². The van der Waals surface area contributed by atoms with Gasteiger partial charge < -0.3 is 14.8 Å². The van der Waals surface area contributed by atoms with E-state index in [1.807, 2.05) is 53.2 Å². The van der Waals surface area contributed by atoms with Crippen LogP contribution in [0.4, 0.5) is 0 Å². The molecule has 3 aromatic rings. The van der Waals surface area contributed by atoms with Crippen LogP contribution in [0.15, 0.2) is 54.6 Å². The Morgan fingerprint density at radius 2 is 2.07 bits per heavy atom. The van der Waals surface area contributed by atoms with Gasteiger partial charge in [-0.2, -0.15) is 5.10 Å². The SMILES string of the molecule is COc1ccccc1CNC(=O)c1cc2n(n1)C[C@@H](c1ccc(Cl)cc1)OC2. The van der Waals surface area contributed by atoms with Crippen molar-refractivity contribution >= 4 is 17.5 Å². The number of nitrogens with one attached hydrogen (secondary N) is 1. The summed E-state index contributed by atoms with van der Waals surface area (Å²) in [7, 11) is 1.61. The monoisotopic (exact) mass is 397 g/mol. The fourth-order valence-electron chi connectivity index (χ4n) is 3.23. The number of rotatable bonds is 5. The minimum Gasteiger partial charge on any atom is -0.496 e. The number of hydrogen-bond acceptors (Lipinski definition) is 4. The van der Waals surface area contributed by atoms with Crippen LogP contribution < -0.4 is 10.1 Å². The number of ether oxygens (including phenoxy) is 2. The van der Waals surface area contributed by atoms with Crippen molar-refractivity contribution in [1.29, 1.82) is 0 Å². The Morgan fingerprint density at radius 3 is 2.86 bits per heavy atom. The number of carbonyl (C=O) groups is 1. The fourth-order valence-corrected chi connectivity index (χ4v) is 3.36. The van der Waals surface area contributed by atoms with Gasteiger partial charge in [-0.1, -0.05) is 41.9 Å². The summed E-state index contributed by atoms with van der Waals surface area (Å²) in [6, 6.07) is 16.9. The molecule has 1 aliphatic heterocycles. The van der Waals surface area contributed by atoms with Crippen LogP contribution in [0.3, 0.4) is 0 Å². The van der Waals surface area contributed by atoms with Crippen molar-refractivity contribution in [1.82, 2.24) is 15.1 Å². The predicted molar refractivity (Wildman–Crippen MR) is 105 cm³/mol. The third kappa shape index (κ3) is 3.88. The van der Waals surface area contributed by atoms with E-state index in [2.05, 4.69) is 10.4 Å². The van der Waals surface area contributed by atoms with Gasteiger partial charge in [-0.25, -0.2) is 0 Å². The van der Waals surface area contributed by atoms with Crippen molar-refractivity contribution in [2.45, 2.75) is 25.8 Å². The molecule has 4 rings (SSSR count). The summed E-state index contributed by atoms with van der Waals surface area (Å²) in [5, 5.41) is 8.05. The highest BCUT2D eigenvalue weighted by atomic mass is 35.5. The first-order valence-corrected chi connectivity index (χ1v) is 9.35. The molecule has 6 nitrogen and oxygen atoms in total. The molecule has 7 heteroatoms. The van der Waals surface area contributed by atoms with E-state index in [4.69, 9.17) is 21.1 Å². The predicted octanol–water partition coefficient (Wildman–Crippen LogP) is 3.75. The lowest BCUT2D eigenvalue weighted by atomic mass is 10.1. The number of benzene rings is 2. The Labute approximate surface area is 168 Å². The van der Waals surface area contributed by atoms with Crippen molar-refractivity contribution in [3.05, 3.63) is 82.1 Å². The Bertz CT molecular complexity index is 985. The van der Waals surface area contributed by atoms with Crippen LogP contribution in [0.5, 0.6) is 5.75 Å². The van der Waals surface area contributed by atoms with Crippen molar-refractivity contribution in [3.8, 4) is 5.75 Å². The minimum absolute atomic E-state index is 0.117. The summed E-state index contributed by atoms with van der Waals surface area (Å²) in [6.45, 7) is 1.33. The second-order valence-corrected chi connectivity index (χ2v) is 6.99. The molecule has 0 saturated heterocycles. The van der Waals surface area contributed by atoms with Gasteiger partial charge in [0, 0.05) is 17.1 Å². The molecule has 2 heterocycles. The molecule has 144 valence electrons. The van der Waals surface area contributed by atoms with Gasteiger partial charge in [-0.3, -0.25) is 9.48 Å². The molecule has 2 aromatic carbocycles. The molecule has 0 unspecified atom stereocenters. The van der Waals surface area contributed by atoms with Gasteiger partial charge in [0.05, 0.1) is 26.0 Å². The van der Waals surface area contributed by atoms with E-state index in [1.165, 1.54) is 0 Å². The van der Waals surface area contributed by atoms with Crippen molar-refractivity contribution < 1.29 is 14.3 Å². The van der Waals surface area contributed by atoms with Crippen molar-refractivity contribution in [2.24, 2.45) is 0 Å². The second-order valence-electron chi connectivity index (χ2n) is 6.55. The van der Waals surface area contributed by atoms with E-state index in [9.17, 15) is 4.79 Å². The molecule has 0 aliphatic carbocycles. The average molecular weight is 398 g/mol. The number of carbonyl (C=O) groups excluding carboxylic acids is 1. The molecule has 0 spiro atoms. The summed E-state index contributed by atoms with van der Waals surface area (Å²) in [5.74, 6) is 0.516. The van der Waals surface area contributed by atoms with Gasteiger partial charge in [0.15, 0.2) is 5.69 Å². The maximum atomic E-state index is 12.5. The average Bonchev–Trinajstić information content (AvgIpc) is 3.16. The van der Waals surface area contributed by atoms with E-state index in [1.54, 1.807) is 13.2 Å². The van der Waals surface area contributed by atoms with E-state index in [0.717, 1.165) is 22.6 Å². The Kier molecular flexibility index (Phi) is 5.32. The normalized spacial score (nSPS) is 15.7.